The molecule has 104 valence electrons. The zero-order valence-electron chi connectivity index (χ0n) is 11.6. The second kappa shape index (κ2) is 6.44. The summed E-state index contributed by atoms with van der Waals surface area (Å²) in [6.07, 6.45) is 0. The van der Waals surface area contributed by atoms with Gasteiger partial charge in [-0.2, -0.15) is 0 Å². The van der Waals surface area contributed by atoms with Gasteiger partial charge in [0.1, 0.15) is 0 Å². The van der Waals surface area contributed by atoms with Crippen LogP contribution in [0.5, 0.6) is 0 Å². The van der Waals surface area contributed by atoms with Crippen LogP contribution in [0.25, 0.3) is 0 Å². The molecule has 2 aromatic rings. The van der Waals surface area contributed by atoms with Crippen LogP contribution in [0, 0.1) is 6.92 Å². The Labute approximate surface area is 124 Å². The summed E-state index contributed by atoms with van der Waals surface area (Å²) in [6.45, 7) is 4.42. The fraction of sp³-hybridized carbons (Fsp3) is 0.188. The van der Waals surface area contributed by atoms with E-state index in [0.717, 1.165) is 16.9 Å². The predicted molar refractivity (Wildman–Crippen MR) is 84.7 cm³/mol. The summed E-state index contributed by atoms with van der Waals surface area (Å²) >= 11 is 6.06. The van der Waals surface area contributed by atoms with Crippen LogP contribution in [0.2, 0.25) is 5.02 Å². The van der Waals surface area contributed by atoms with Gasteiger partial charge in [0.15, 0.2) is 0 Å². The summed E-state index contributed by atoms with van der Waals surface area (Å²) < 4.78 is 0. The Morgan fingerprint density at radius 2 is 1.85 bits per heavy atom. The SMILES string of the molecule is CCN(C(=O)Nc1cccc(Cl)c1C)c1ccccc1. The third-order valence-corrected chi connectivity index (χ3v) is 3.55. The fourth-order valence-corrected chi connectivity index (χ4v) is 2.15. The van der Waals surface area contributed by atoms with Crippen molar-refractivity contribution in [3.8, 4) is 0 Å². The Morgan fingerprint density at radius 3 is 2.50 bits per heavy atom. The molecule has 0 fully saturated rings. The van der Waals surface area contributed by atoms with Crippen molar-refractivity contribution in [1.82, 2.24) is 0 Å². The molecule has 0 unspecified atom stereocenters. The number of hydrogen-bond acceptors (Lipinski definition) is 1. The van der Waals surface area contributed by atoms with Crippen LogP contribution in [0.15, 0.2) is 48.5 Å². The molecule has 0 aromatic heterocycles. The van der Waals surface area contributed by atoms with Gasteiger partial charge < -0.3 is 5.32 Å². The number of halogens is 1. The number of urea groups is 1. The average Bonchev–Trinajstić information content (AvgIpc) is 2.46. The van der Waals surface area contributed by atoms with E-state index in [4.69, 9.17) is 11.6 Å². The van der Waals surface area contributed by atoms with Crippen LogP contribution in [-0.4, -0.2) is 12.6 Å². The molecule has 0 radical (unpaired) electrons. The number of anilines is 2. The fourth-order valence-electron chi connectivity index (χ4n) is 1.98. The van der Waals surface area contributed by atoms with Crippen LogP contribution in [0.4, 0.5) is 16.2 Å². The van der Waals surface area contributed by atoms with Crippen molar-refractivity contribution >= 4 is 29.0 Å². The molecule has 2 rings (SSSR count). The van der Waals surface area contributed by atoms with Crippen molar-refractivity contribution in [3.05, 3.63) is 59.1 Å². The monoisotopic (exact) mass is 288 g/mol. The Bertz CT molecular complexity index is 599. The highest BCUT2D eigenvalue weighted by molar-refractivity contribution is 6.31. The Morgan fingerprint density at radius 1 is 1.15 bits per heavy atom. The number of carbonyl (C=O) groups is 1. The number of rotatable bonds is 3. The summed E-state index contributed by atoms with van der Waals surface area (Å²) in [4.78, 5) is 14.1. The quantitative estimate of drug-likeness (QED) is 0.872. The third kappa shape index (κ3) is 3.11. The second-order valence-corrected chi connectivity index (χ2v) is 4.83. The minimum Gasteiger partial charge on any atom is -0.307 e. The van der Waals surface area contributed by atoms with E-state index in [-0.39, 0.29) is 6.03 Å². The minimum absolute atomic E-state index is 0.163. The maximum absolute atomic E-state index is 12.4. The lowest BCUT2D eigenvalue weighted by atomic mass is 10.2. The molecule has 0 saturated heterocycles. The highest BCUT2D eigenvalue weighted by Gasteiger charge is 2.14. The van der Waals surface area contributed by atoms with Crippen LogP contribution >= 0.6 is 11.6 Å². The summed E-state index contributed by atoms with van der Waals surface area (Å²) in [5.41, 5.74) is 2.47. The Balaban J connectivity index is 2.20. The summed E-state index contributed by atoms with van der Waals surface area (Å²) in [5, 5.41) is 3.55. The van der Waals surface area contributed by atoms with Gasteiger partial charge in [-0.25, -0.2) is 4.79 Å². The number of benzene rings is 2. The van der Waals surface area contributed by atoms with Gasteiger partial charge in [0, 0.05) is 22.9 Å². The van der Waals surface area contributed by atoms with E-state index in [2.05, 4.69) is 5.32 Å². The lowest BCUT2D eigenvalue weighted by molar-refractivity contribution is 0.257. The minimum atomic E-state index is -0.163. The van der Waals surface area contributed by atoms with E-state index >= 15 is 0 Å². The lowest BCUT2D eigenvalue weighted by Gasteiger charge is -2.22. The maximum atomic E-state index is 12.4. The summed E-state index contributed by atoms with van der Waals surface area (Å²) in [7, 11) is 0. The number of nitrogens with one attached hydrogen (secondary N) is 1. The third-order valence-electron chi connectivity index (χ3n) is 3.14. The molecule has 2 amide bonds. The second-order valence-electron chi connectivity index (χ2n) is 4.42. The van der Waals surface area contributed by atoms with Gasteiger partial charge in [-0.15, -0.1) is 0 Å². The van der Waals surface area contributed by atoms with E-state index in [9.17, 15) is 4.79 Å². The molecule has 2 aromatic carbocycles. The smallest absolute Gasteiger partial charge is 0.307 e. The largest absolute Gasteiger partial charge is 0.326 e. The van der Waals surface area contributed by atoms with Crippen LogP contribution in [0.3, 0.4) is 0 Å². The van der Waals surface area contributed by atoms with Gasteiger partial charge in [0.25, 0.3) is 0 Å². The molecule has 3 nitrogen and oxygen atoms in total. The molecule has 0 spiro atoms. The van der Waals surface area contributed by atoms with Crippen molar-refractivity contribution in [3.63, 3.8) is 0 Å². The molecule has 20 heavy (non-hydrogen) atoms. The Kier molecular flexibility index (Phi) is 4.64. The number of hydrogen-bond donors (Lipinski definition) is 1. The summed E-state index contributed by atoms with van der Waals surface area (Å²) in [5.74, 6) is 0. The highest BCUT2D eigenvalue weighted by atomic mass is 35.5. The number of carbonyl (C=O) groups excluding carboxylic acids is 1. The van der Waals surface area contributed by atoms with Gasteiger partial charge in [-0.3, -0.25) is 4.90 Å². The number of para-hydroxylation sites is 1. The molecular formula is C16H17ClN2O. The number of amides is 2. The van der Waals surface area contributed by atoms with Crippen molar-refractivity contribution < 1.29 is 4.79 Å². The van der Waals surface area contributed by atoms with Crippen molar-refractivity contribution in [1.29, 1.82) is 0 Å². The van der Waals surface area contributed by atoms with Gasteiger partial charge in [-0.1, -0.05) is 35.9 Å². The van der Waals surface area contributed by atoms with Gasteiger partial charge in [0.2, 0.25) is 0 Å². The first-order chi connectivity index (χ1) is 9.63. The molecule has 0 aliphatic rings. The van der Waals surface area contributed by atoms with Crippen LogP contribution in [-0.2, 0) is 0 Å². The standard InChI is InChI=1S/C16H17ClN2O/c1-3-19(13-8-5-4-6-9-13)16(20)18-15-11-7-10-14(17)12(15)2/h4-11H,3H2,1-2H3,(H,18,20). The maximum Gasteiger partial charge on any atom is 0.326 e. The van der Waals surface area contributed by atoms with E-state index in [1.54, 1.807) is 11.0 Å². The zero-order valence-corrected chi connectivity index (χ0v) is 12.3. The zero-order chi connectivity index (χ0) is 14.5. The summed E-state index contributed by atoms with van der Waals surface area (Å²) in [6, 6.07) is 14.9. The molecule has 0 aliphatic heterocycles. The molecule has 0 saturated carbocycles. The van der Waals surface area contributed by atoms with E-state index in [1.807, 2.05) is 56.3 Å². The topological polar surface area (TPSA) is 32.3 Å². The van der Waals surface area contributed by atoms with Crippen molar-refractivity contribution in [2.24, 2.45) is 0 Å². The first-order valence-electron chi connectivity index (χ1n) is 6.52. The van der Waals surface area contributed by atoms with Gasteiger partial charge in [-0.05, 0) is 43.7 Å². The van der Waals surface area contributed by atoms with Crippen LogP contribution in [0.1, 0.15) is 12.5 Å². The van der Waals surface area contributed by atoms with Gasteiger partial charge in [0.05, 0.1) is 0 Å². The molecular weight excluding hydrogens is 272 g/mol. The molecule has 0 aliphatic carbocycles. The number of nitrogens with zero attached hydrogens (tertiary/aromatic N) is 1. The predicted octanol–water partition coefficient (Wildman–Crippen LogP) is 4.71. The van der Waals surface area contributed by atoms with E-state index in [1.165, 1.54) is 0 Å². The average molecular weight is 289 g/mol. The molecule has 0 atom stereocenters. The van der Waals surface area contributed by atoms with Gasteiger partial charge >= 0.3 is 6.03 Å². The van der Waals surface area contributed by atoms with E-state index < -0.39 is 0 Å². The molecule has 4 heteroatoms. The molecule has 0 heterocycles. The van der Waals surface area contributed by atoms with Crippen LogP contribution < -0.4 is 10.2 Å². The lowest BCUT2D eigenvalue weighted by Crippen LogP contribution is -2.34. The Hall–Kier alpha value is -2.00. The first-order valence-corrected chi connectivity index (χ1v) is 6.90. The molecule has 0 bridgehead atoms. The van der Waals surface area contributed by atoms with E-state index in [0.29, 0.717) is 11.6 Å². The van der Waals surface area contributed by atoms with Crippen molar-refractivity contribution in [2.45, 2.75) is 13.8 Å². The highest BCUT2D eigenvalue weighted by Crippen LogP contribution is 2.24. The first kappa shape index (κ1) is 14.4. The van der Waals surface area contributed by atoms with Crippen molar-refractivity contribution in [2.75, 3.05) is 16.8 Å². The molecule has 1 N–H and O–H groups in total. The normalized spacial score (nSPS) is 10.2.